The van der Waals surface area contributed by atoms with Crippen LogP contribution >= 0.6 is 11.6 Å². The number of anilines is 2. The third-order valence-corrected chi connectivity index (χ3v) is 5.18. The SMILES string of the molecule is COc1ccc(N(C=O)[C@H](C(=O)Nc2c(C)cccc2C)c2ccc(Cl)cc2)cc1. The van der Waals surface area contributed by atoms with Gasteiger partial charge < -0.3 is 10.1 Å². The highest BCUT2D eigenvalue weighted by Crippen LogP contribution is 2.30. The molecule has 0 saturated heterocycles. The Balaban J connectivity index is 2.03. The van der Waals surface area contributed by atoms with Crippen LogP contribution in [-0.4, -0.2) is 19.4 Å². The van der Waals surface area contributed by atoms with Gasteiger partial charge in [-0.25, -0.2) is 0 Å². The second-order valence-electron chi connectivity index (χ2n) is 6.92. The molecule has 0 heterocycles. The van der Waals surface area contributed by atoms with Crippen LogP contribution in [0.3, 0.4) is 0 Å². The lowest BCUT2D eigenvalue weighted by molar-refractivity contribution is -0.119. The van der Waals surface area contributed by atoms with E-state index in [2.05, 4.69) is 5.32 Å². The number of amides is 2. The number of methoxy groups -OCH3 is 1. The molecule has 3 rings (SSSR count). The van der Waals surface area contributed by atoms with Crippen molar-refractivity contribution in [2.45, 2.75) is 19.9 Å². The first-order valence-electron chi connectivity index (χ1n) is 9.45. The van der Waals surface area contributed by atoms with Crippen molar-refractivity contribution in [3.63, 3.8) is 0 Å². The lowest BCUT2D eigenvalue weighted by Gasteiger charge is -2.28. The summed E-state index contributed by atoms with van der Waals surface area (Å²) in [5.74, 6) is 0.338. The number of halogens is 1. The second kappa shape index (κ2) is 9.46. The van der Waals surface area contributed by atoms with E-state index in [1.165, 1.54) is 4.90 Å². The van der Waals surface area contributed by atoms with Gasteiger partial charge in [0.25, 0.3) is 5.91 Å². The first kappa shape index (κ1) is 21.4. The zero-order chi connectivity index (χ0) is 21.7. The van der Waals surface area contributed by atoms with Crippen molar-refractivity contribution in [3.05, 3.63) is 88.4 Å². The van der Waals surface area contributed by atoms with Crippen LogP contribution in [0.25, 0.3) is 0 Å². The maximum Gasteiger partial charge on any atom is 0.252 e. The molecule has 0 aliphatic heterocycles. The minimum atomic E-state index is -0.882. The fourth-order valence-corrected chi connectivity index (χ4v) is 3.44. The summed E-state index contributed by atoms with van der Waals surface area (Å²) < 4.78 is 5.19. The van der Waals surface area contributed by atoms with Gasteiger partial charge in [-0.1, -0.05) is 41.9 Å². The quantitative estimate of drug-likeness (QED) is 0.525. The monoisotopic (exact) mass is 422 g/mol. The van der Waals surface area contributed by atoms with E-state index in [1.54, 1.807) is 55.6 Å². The van der Waals surface area contributed by atoms with E-state index in [4.69, 9.17) is 16.3 Å². The fraction of sp³-hybridized carbons (Fsp3) is 0.167. The van der Waals surface area contributed by atoms with E-state index >= 15 is 0 Å². The van der Waals surface area contributed by atoms with Crippen molar-refractivity contribution in [2.75, 3.05) is 17.3 Å². The number of carbonyl (C=O) groups is 2. The Labute approximate surface area is 181 Å². The number of carbonyl (C=O) groups excluding carboxylic acids is 2. The number of nitrogens with one attached hydrogen (secondary N) is 1. The summed E-state index contributed by atoms with van der Waals surface area (Å²) in [5.41, 5.74) is 3.84. The molecule has 3 aromatic rings. The molecule has 2 amide bonds. The van der Waals surface area contributed by atoms with Crippen LogP contribution in [0.1, 0.15) is 22.7 Å². The van der Waals surface area contributed by atoms with Crippen LogP contribution in [0, 0.1) is 13.8 Å². The maximum absolute atomic E-state index is 13.4. The van der Waals surface area contributed by atoms with Gasteiger partial charge in [-0.3, -0.25) is 14.5 Å². The molecule has 0 aliphatic rings. The first-order chi connectivity index (χ1) is 14.4. The average molecular weight is 423 g/mol. The first-order valence-corrected chi connectivity index (χ1v) is 9.82. The molecule has 154 valence electrons. The minimum Gasteiger partial charge on any atom is -0.497 e. The van der Waals surface area contributed by atoms with E-state index in [1.807, 2.05) is 32.0 Å². The van der Waals surface area contributed by atoms with Crippen LogP contribution in [0.5, 0.6) is 5.75 Å². The van der Waals surface area contributed by atoms with Crippen molar-refractivity contribution < 1.29 is 14.3 Å². The van der Waals surface area contributed by atoms with E-state index < -0.39 is 6.04 Å². The van der Waals surface area contributed by atoms with E-state index in [9.17, 15) is 9.59 Å². The van der Waals surface area contributed by atoms with Crippen molar-refractivity contribution >= 4 is 35.3 Å². The lowest BCUT2D eigenvalue weighted by atomic mass is 10.0. The predicted molar refractivity (Wildman–Crippen MR) is 120 cm³/mol. The third-order valence-electron chi connectivity index (χ3n) is 4.93. The molecule has 6 heteroatoms. The standard InChI is InChI=1S/C24H23ClN2O3/c1-16-5-4-6-17(2)22(16)26-24(29)23(18-7-9-19(25)10-8-18)27(15-28)20-11-13-21(30-3)14-12-20/h4-15,23H,1-3H3,(H,26,29)/t23-/m0/s1. The molecule has 0 aliphatic carbocycles. The van der Waals surface area contributed by atoms with E-state index in [-0.39, 0.29) is 5.91 Å². The van der Waals surface area contributed by atoms with Crippen LogP contribution in [0.4, 0.5) is 11.4 Å². The summed E-state index contributed by atoms with van der Waals surface area (Å²) in [7, 11) is 1.57. The highest BCUT2D eigenvalue weighted by molar-refractivity contribution is 6.30. The largest absolute Gasteiger partial charge is 0.497 e. The molecular formula is C24H23ClN2O3. The number of ether oxygens (including phenoxy) is 1. The van der Waals surface area contributed by atoms with Gasteiger partial charge in [0, 0.05) is 16.4 Å². The Kier molecular flexibility index (Phi) is 6.75. The van der Waals surface area contributed by atoms with Crippen molar-refractivity contribution in [1.82, 2.24) is 0 Å². The summed E-state index contributed by atoms with van der Waals surface area (Å²) in [5, 5.41) is 3.55. The van der Waals surface area contributed by atoms with Crippen LogP contribution < -0.4 is 15.0 Å². The Hall–Kier alpha value is -3.31. The summed E-state index contributed by atoms with van der Waals surface area (Å²) in [6, 6.07) is 18.8. The zero-order valence-corrected chi connectivity index (χ0v) is 17.8. The number of hydrogen-bond acceptors (Lipinski definition) is 3. The number of benzene rings is 3. The highest BCUT2D eigenvalue weighted by atomic mass is 35.5. The molecule has 0 unspecified atom stereocenters. The second-order valence-corrected chi connectivity index (χ2v) is 7.36. The predicted octanol–water partition coefficient (Wildman–Crippen LogP) is 5.31. The van der Waals surface area contributed by atoms with Crippen molar-refractivity contribution in [3.8, 4) is 5.75 Å². The Morgan fingerprint density at radius 2 is 1.60 bits per heavy atom. The average Bonchev–Trinajstić information content (AvgIpc) is 2.75. The van der Waals surface area contributed by atoms with Gasteiger partial charge in [0.05, 0.1) is 7.11 Å². The lowest BCUT2D eigenvalue weighted by Crippen LogP contribution is -2.37. The fourth-order valence-electron chi connectivity index (χ4n) is 3.31. The van der Waals surface area contributed by atoms with Gasteiger partial charge in [-0.05, 0) is 66.9 Å². The van der Waals surface area contributed by atoms with Crippen molar-refractivity contribution in [1.29, 1.82) is 0 Å². The van der Waals surface area contributed by atoms with Gasteiger partial charge in [0.2, 0.25) is 6.41 Å². The summed E-state index contributed by atoms with van der Waals surface area (Å²) in [6.07, 6.45) is 0.658. The highest BCUT2D eigenvalue weighted by Gasteiger charge is 2.29. The molecule has 0 saturated carbocycles. The van der Waals surface area contributed by atoms with Gasteiger partial charge in [0.15, 0.2) is 0 Å². The molecule has 1 atom stereocenters. The number of rotatable bonds is 7. The molecule has 5 nitrogen and oxygen atoms in total. The molecular weight excluding hydrogens is 400 g/mol. The zero-order valence-electron chi connectivity index (χ0n) is 17.1. The molecule has 0 fully saturated rings. The van der Waals surface area contributed by atoms with Crippen LogP contribution in [-0.2, 0) is 9.59 Å². The Morgan fingerprint density at radius 3 is 2.13 bits per heavy atom. The maximum atomic E-state index is 13.4. The Bertz CT molecular complexity index is 1010. The molecule has 0 spiro atoms. The number of para-hydroxylation sites is 1. The van der Waals surface area contributed by atoms with Crippen molar-refractivity contribution in [2.24, 2.45) is 0 Å². The Morgan fingerprint density at radius 1 is 1.00 bits per heavy atom. The third kappa shape index (κ3) is 4.63. The molecule has 1 N–H and O–H groups in total. The van der Waals surface area contributed by atoms with E-state index in [0.717, 1.165) is 16.8 Å². The molecule has 30 heavy (non-hydrogen) atoms. The molecule has 0 radical (unpaired) electrons. The number of aryl methyl sites for hydroxylation is 2. The number of nitrogens with zero attached hydrogens (tertiary/aromatic N) is 1. The molecule has 0 bridgehead atoms. The van der Waals surface area contributed by atoms with Gasteiger partial charge >= 0.3 is 0 Å². The molecule has 3 aromatic carbocycles. The van der Waals surface area contributed by atoms with E-state index in [0.29, 0.717) is 28.4 Å². The molecule has 0 aromatic heterocycles. The topological polar surface area (TPSA) is 58.6 Å². The summed E-state index contributed by atoms with van der Waals surface area (Å²) >= 11 is 6.03. The number of hydrogen-bond donors (Lipinski definition) is 1. The van der Waals surface area contributed by atoms with Gasteiger partial charge in [0.1, 0.15) is 11.8 Å². The summed E-state index contributed by atoms with van der Waals surface area (Å²) in [4.78, 5) is 26.9. The van der Waals surface area contributed by atoms with Gasteiger partial charge in [-0.2, -0.15) is 0 Å². The summed E-state index contributed by atoms with van der Waals surface area (Å²) in [6.45, 7) is 3.86. The van der Waals surface area contributed by atoms with Crippen LogP contribution in [0.2, 0.25) is 5.02 Å². The van der Waals surface area contributed by atoms with Gasteiger partial charge in [-0.15, -0.1) is 0 Å². The smallest absolute Gasteiger partial charge is 0.252 e. The normalized spacial score (nSPS) is 11.5. The minimum absolute atomic E-state index is 0.322. The van der Waals surface area contributed by atoms with Crippen LogP contribution in [0.15, 0.2) is 66.7 Å².